The molecular formula is C35H41N5O6S. The van der Waals surface area contributed by atoms with Gasteiger partial charge in [-0.05, 0) is 78.3 Å². The van der Waals surface area contributed by atoms with Crippen LogP contribution in [-0.4, -0.2) is 67.7 Å². The minimum Gasteiger partial charge on any atom is -0.493 e. The molecule has 1 heterocycles. The molecule has 0 spiro atoms. The number of H-pyrrole nitrogens is 1. The van der Waals surface area contributed by atoms with Crippen molar-refractivity contribution in [1.29, 1.82) is 0 Å². The summed E-state index contributed by atoms with van der Waals surface area (Å²) in [6.45, 7) is 1.85. The van der Waals surface area contributed by atoms with E-state index in [9.17, 15) is 14.4 Å². The number of para-hydroxylation sites is 2. The van der Waals surface area contributed by atoms with Crippen molar-refractivity contribution in [3.63, 3.8) is 0 Å². The Kier molecular flexibility index (Phi) is 10.9. The number of ether oxygens (including phenoxy) is 3. The van der Waals surface area contributed by atoms with Gasteiger partial charge in [0.25, 0.3) is 0 Å². The van der Waals surface area contributed by atoms with Gasteiger partial charge in [-0.15, -0.1) is 0 Å². The molecular weight excluding hydrogens is 618 g/mol. The van der Waals surface area contributed by atoms with Gasteiger partial charge in [-0.3, -0.25) is 14.4 Å². The zero-order chi connectivity index (χ0) is 33.5. The van der Waals surface area contributed by atoms with Crippen molar-refractivity contribution in [3.8, 4) is 28.4 Å². The minimum atomic E-state index is -0.648. The number of aromatic amines is 1. The van der Waals surface area contributed by atoms with E-state index in [1.165, 1.54) is 6.92 Å². The lowest BCUT2D eigenvalue weighted by Gasteiger charge is -2.19. The summed E-state index contributed by atoms with van der Waals surface area (Å²) in [5.74, 6) is 2.53. The van der Waals surface area contributed by atoms with Crippen LogP contribution in [0.5, 0.6) is 17.2 Å². The number of methoxy groups -OCH3 is 3. The molecule has 2 amide bonds. The number of nitrogens with one attached hydrogen (secondary N) is 4. The van der Waals surface area contributed by atoms with E-state index in [0.29, 0.717) is 55.0 Å². The topological polar surface area (TPSA) is 144 Å². The number of nitrogens with zero attached hydrogens (tertiary/aromatic N) is 1. The van der Waals surface area contributed by atoms with Crippen LogP contribution < -0.4 is 35.6 Å². The van der Waals surface area contributed by atoms with Gasteiger partial charge in [-0.25, -0.2) is 4.98 Å². The molecule has 0 unspecified atom stereocenters. The largest absolute Gasteiger partial charge is 0.493 e. The highest BCUT2D eigenvalue weighted by Gasteiger charge is 2.30. The number of imidazole rings is 1. The Morgan fingerprint density at radius 2 is 1.85 bits per heavy atom. The van der Waals surface area contributed by atoms with E-state index >= 15 is 0 Å². The SMILES string of the molecule is COc1cc2c(c(OC)c1OC)-c1ccc(N[C@@H](CCSC)C(=O)NCCc3nc4ccccc4[nH]3)c(=O)cc1[C@@H](NC(C)=O)CC2. The first-order chi connectivity index (χ1) is 22.8. The number of hydrogen-bond donors (Lipinski definition) is 4. The van der Waals surface area contributed by atoms with Crippen molar-refractivity contribution < 1.29 is 23.8 Å². The number of fused-ring (bicyclic) bond motifs is 4. The number of anilines is 1. The van der Waals surface area contributed by atoms with Crippen molar-refractivity contribution in [1.82, 2.24) is 20.6 Å². The van der Waals surface area contributed by atoms with Gasteiger partial charge in [0.2, 0.25) is 23.0 Å². The molecule has 248 valence electrons. The smallest absolute Gasteiger partial charge is 0.242 e. The van der Waals surface area contributed by atoms with Crippen LogP contribution in [0.3, 0.4) is 0 Å². The number of aryl methyl sites for hydroxylation is 1. The molecule has 4 N–H and O–H groups in total. The van der Waals surface area contributed by atoms with E-state index in [2.05, 4.69) is 25.9 Å². The van der Waals surface area contributed by atoms with Crippen LogP contribution in [0, 0.1) is 0 Å². The Labute approximate surface area is 278 Å². The van der Waals surface area contributed by atoms with Gasteiger partial charge < -0.3 is 35.1 Å². The van der Waals surface area contributed by atoms with Gasteiger partial charge in [0, 0.05) is 25.5 Å². The fraction of sp³-hybridized carbons (Fsp3) is 0.371. The average Bonchev–Trinajstić information content (AvgIpc) is 3.34. The molecule has 0 aliphatic heterocycles. The zero-order valence-corrected chi connectivity index (χ0v) is 28.1. The van der Waals surface area contributed by atoms with Crippen molar-refractivity contribution in [2.24, 2.45) is 0 Å². The Morgan fingerprint density at radius 3 is 2.55 bits per heavy atom. The van der Waals surface area contributed by atoms with E-state index in [-0.39, 0.29) is 22.9 Å². The van der Waals surface area contributed by atoms with Crippen LogP contribution in [0.2, 0.25) is 0 Å². The van der Waals surface area contributed by atoms with Crippen LogP contribution in [0.25, 0.3) is 22.2 Å². The monoisotopic (exact) mass is 659 g/mol. The first-order valence-electron chi connectivity index (χ1n) is 15.5. The summed E-state index contributed by atoms with van der Waals surface area (Å²) in [6, 6.07) is 13.7. The molecule has 0 radical (unpaired) electrons. The highest BCUT2D eigenvalue weighted by Crippen LogP contribution is 2.50. The summed E-state index contributed by atoms with van der Waals surface area (Å²) in [5, 5.41) is 9.27. The van der Waals surface area contributed by atoms with Crippen LogP contribution in [0.1, 0.15) is 42.8 Å². The van der Waals surface area contributed by atoms with Crippen LogP contribution in [-0.2, 0) is 22.4 Å². The molecule has 1 aliphatic rings. The molecule has 0 fully saturated rings. The van der Waals surface area contributed by atoms with Gasteiger partial charge in [0.05, 0.1) is 44.1 Å². The second-order valence-electron chi connectivity index (χ2n) is 11.3. The van der Waals surface area contributed by atoms with Gasteiger partial charge in [-0.2, -0.15) is 11.8 Å². The number of rotatable bonds is 13. The Balaban J connectivity index is 1.48. The number of amides is 2. The molecule has 0 saturated heterocycles. The maximum absolute atomic E-state index is 13.8. The summed E-state index contributed by atoms with van der Waals surface area (Å²) < 4.78 is 17.2. The molecule has 3 aromatic carbocycles. The standard InChI is InChI=1S/C35H41N5O6S/c1-20(41)37-24-12-10-21-18-30(44-2)33(45-3)34(46-4)32(21)22-11-13-27(29(42)19-23(22)24)38-28(15-17-47-5)35(43)36-16-14-31-39-25-8-6-7-9-26(25)40-31/h6-9,11,13,18-19,24,28H,10,12,14-17H2,1-5H3,(H,36,43)(H,37,41)(H,38,42)(H,39,40)/t24-,28-/m0/s1. The summed E-state index contributed by atoms with van der Waals surface area (Å²) in [6.07, 6.45) is 4.17. The average molecular weight is 660 g/mol. The van der Waals surface area contributed by atoms with E-state index in [1.54, 1.807) is 45.2 Å². The predicted molar refractivity (Wildman–Crippen MR) is 186 cm³/mol. The highest BCUT2D eigenvalue weighted by molar-refractivity contribution is 7.98. The molecule has 0 saturated carbocycles. The van der Waals surface area contributed by atoms with Crippen molar-refractivity contribution in [2.75, 3.05) is 45.2 Å². The number of aromatic nitrogens is 2. The Bertz CT molecular complexity index is 1790. The van der Waals surface area contributed by atoms with E-state index in [4.69, 9.17) is 14.2 Å². The van der Waals surface area contributed by atoms with E-state index < -0.39 is 12.1 Å². The third-order valence-corrected chi connectivity index (χ3v) is 8.92. The Hall–Kier alpha value is -4.71. The summed E-state index contributed by atoms with van der Waals surface area (Å²) in [7, 11) is 4.67. The number of hydrogen-bond acceptors (Lipinski definition) is 9. The molecule has 5 rings (SSSR count). The third-order valence-electron chi connectivity index (χ3n) is 8.27. The first kappa shape index (κ1) is 33.6. The zero-order valence-electron chi connectivity index (χ0n) is 27.3. The summed E-state index contributed by atoms with van der Waals surface area (Å²) in [4.78, 5) is 47.5. The fourth-order valence-electron chi connectivity index (χ4n) is 6.07. The van der Waals surface area contributed by atoms with E-state index in [1.807, 2.05) is 42.7 Å². The van der Waals surface area contributed by atoms with Crippen molar-refractivity contribution in [3.05, 3.63) is 75.7 Å². The fourth-order valence-corrected chi connectivity index (χ4v) is 6.54. The maximum atomic E-state index is 13.8. The van der Waals surface area contributed by atoms with Crippen molar-refractivity contribution >= 4 is 40.3 Å². The molecule has 2 atom stereocenters. The summed E-state index contributed by atoms with van der Waals surface area (Å²) in [5.41, 5.74) is 4.87. The molecule has 47 heavy (non-hydrogen) atoms. The maximum Gasteiger partial charge on any atom is 0.242 e. The predicted octanol–water partition coefficient (Wildman–Crippen LogP) is 4.63. The first-order valence-corrected chi connectivity index (χ1v) is 16.9. The quantitative estimate of drug-likeness (QED) is 0.162. The normalized spacial score (nSPS) is 14.3. The number of carbonyl (C=O) groups excluding carboxylic acids is 2. The summed E-state index contributed by atoms with van der Waals surface area (Å²) >= 11 is 1.63. The second-order valence-corrected chi connectivity index (χ2v) is 12.3. The molecule has 11 nitrogen and oxygen atoms in total. The van der Waals surface area contributed by atoms with Gasteiger partial charge >= 0.3 is 0 Å². The second kappa shape index (κ2) is 15.3. The molecule has 1 aliphatic carbocycles. The van der Waals surface area contributed by atoms with Gasteiger partial charge in [-0.1, -0.05) is 18.2 Å². The lowest BCUT2D eigenvalue weighted by Crippen LogP contribution is -2.41. The minimum absolute atomic E-state index is 0.206. The molecule has 12 heteroatoms. The lowest BCUT2D eigenvalue weighted by atomic mass is 9.95. The number of benzene rings is 2. The number of thioether (sulfide) groups is 1. The van der Waals surface area contributed by atoms with E-state index in [0.717, 1.165) is 39.3 Å². The van der Waals surface area contributed by atoms with Gasteiger partial charge in [0.1, 0.15) is 11.9 Å². The van der Waals surface area contributed by atoms with Gasteiger partial charge in [0.15, 0.2) is 11.5 Å². The highest BCUT2D eigenvalue weighted by atomic mass is 32.2. The lowest BCUT2D eigenvalue weighted by molar-refractivity contribution is -0.122. The number of carbonyl (C=O) groups is 2. The third kappa shape index (κ3) is 7.48. The van der Waals surface area contributed by atoms with Crippen LogP contribution in [0.4, 0.5) is 5.69 Å². The molecule has 1 aromatic heterocycles. The molecule has 0 bridgehead atoms. The van der Waals surface area contributed by atoms with Crippen LogP contribution in [0.15, 0.2) is 53.3 Å². The Morgan fingerprint density at radius 1 is 1.06 bits per heavy atom. The van der Waals surface area contributed by atoms with Crippen molar-refractivity contribution in [2.45, 2.75) is 44.7 Å². The van der Waals surface area contributed by atoms with Crippen LogP contribution >= 0.6 is 11.8 Å². The molecule has 4 aromatic rings.